The van der Waals surface area contributed by atoms with Crippen LogP contribution in [0.1, 0.15) is 5.56 Å². The van der Waals surface area contributed by atoms with Crippen LogP contribution in [0.4, 0.5) is 0 Å². The van der Waals surface area contributed by atoms with Gasteiger partial charge >= 0.3 is 0 Å². The zero-order chi connectivity index (χ0) is 12.3. The van der Waals surface area contributed by atoms with Gasteiger partial charge in [0.15, 0.2) is 11.5 Å². The van der Waals surface area contributed by atoms with Crippen molar-refractivity contribution in [3.63, 3.8) is 0 Å². The first kappa shape index (κ1) is 11.6. The highest BCUT2D eigenvalue weighted by Gasteiger charge is 2.17. The fourth-order valence-electron chi connectivity index (χ4n) is 1.79. The summed E-state index contributed by atoms with van der Waals surface area (Å²) in [6, 6.07) is 3.67. The van der Waals surface area contributed by atoms with Crippen molar-refractivity contribution in [1.82, 2.24) is 5.32 Å². The molecule has 1 N–H and O–H groups in total. The zero-order valence-electron chi connectivity index (χ0n) is 10.2. The molecule has 5 heteroatoms. The minimum absolute atomic E-state index is 0.645. The standard InChI is InChI=1S/C12H16N2O3/c1-15-9-7-11(17-3)10(16-2)6-8(9)12-13-4-5-14-12/h6-7H,4-5H2,1-3H3,(H,13,14). The summed E-state index contributed by atoms with van der Waals surface area (Å²) in [6.07, 6.45) is 0. The molecular weight excluding hydrogens is 220 g/mol. The van der Waals surface area contributed by atoms with Crippen LogP contribution in [0.25, 0.3) is 0 Å². The Bertz CT molecular complexity index is 444. The molecule has 0 unspecified atom stereocenters. The summed E-state index contributed by atoms with van der Waals surface area (Å²) in [6.45, 7) is 1.64. The van der Waals surface area contributed by atoms with E-state index in [0.29, 0.717) is 11.5 Å². The molecule has 5 nitrogen and oxygen atoms in total. The zero-order valence-corrected chi connectivity index (χ0v) is 10.2. The molecule has 1 aromatic carbocycles. The van der Waals surface area contributed by atoms with Gasteiger partial charge in [0.25, 0.3) is 0 Å². The Hall–Kier alpha value is -1.91. The van der Waals surface area contributed by atoms with Crippen LogP contribution >= 0.6 is 0 Å². The molecule has 1 aromatic rings. The van der Waals surface area contributed by atoms with Crippen molar-refractivity contribution in [2.45, 2.75) is 0 Å². The van der Waals surface area contributed by atoms with E-state index >= 15 is 0 Å². The molecule has 92 valence electrons. The molecule has 0 spiro atoms. The molecule has 0 aromatic heterocycles. The van der Waals surface area contributed by atoms with Gasteiger partial charge in [0.05, 0.1) is 33.4 Å². The predicted octanol–water partition coefficient (Wildman–Crippen LogP) is 1.06. The van der Waals surface area contributed by atoms with E-state index in [1.165, 1.54) is 0 Å². The summed E-state index contributed by atoms with van der Waals surface area (Å²) < 4.78 is 15.8. The molecule has 0 bridgehead atoms. The van der Waals surface area contributed by atoms with E-state index in [1.54, 1.807) is 27.4 Å². The summed E-state index contributed by atoms with van der Waals surface area (Å²) in [5.74, 6) is 2.87. The number of benzene rings is 1. The lowest BCUT2D eigenvalue weighted by Crippen LogP contribution is -2.20. The van der Waals surface area contributed by atoms with Crippen LogP contribution in [-0.2, 0) is 0 Å². The summed E-state index contributed by atoms with van der Waals surface area (Å²) in [7, 11) is 4.83. The Labute approximate surface area is 100 Å². The van der Waals surface area contributed by atoms with Crippen molar-refractivity contribution in [3.05, 3.63) is 17.7 Å². The van der Waals surface area contributed by atoms with Gasteiger partial charge in [0, 0.05) is 12.6 Å². The van der Waals surface area contributed by atoms with Crippen LogP contribution in [0.2, 0.25) is 0 Å². The molecule has 1 aliphatic heterocycles. The lowest BCUT2D eigenvalue weighted by Gasteiger charge is -2.14. The van der Waals surface area contributed by atoms with Crippen LogP contribution in [0.3, 0.4) is 0 Å². The van der Waals surface area contributed by atoms with Gasteiger partial charge in [-0.1, -0.05) is 0 Å². The maximum Gasteiger partial charge on any atom is 0.164 e. The maximum absolute atomic E-state index is 5.34. The van der Waals surface area contributed by atoms with Gasteiger partial charge in [-0.15, -0.1) is 0 Å². The number of amidine groups is 1. The van der Waals surface area contributed by atoms with E-state index in [2.05, 4.69) is 10.3 Å². The first-order valence-electron chi connectivity index (χ1n) is 5.39. The van der Waals surface area contributed by atoms with Crippen LogP contribution in [-0.4, -0.2) is 40.3 Å². The lowest BCUT2D eigenvalue weighted by atomic mass is 10.1. The van der Waals surface area contributed by atoms with E-state index in [4.69, 9.17) is 14.2 Å². The second-order valence-corrected chi connectivity index (χ2v) is 3.56. The van der Waals surface area contributed by atoms with E-state index in [9.17, 15) is 0 Å². The second-order valence-electron chi connectivity index (χ2n) is 3.56. The molecule has 0 aliphatic carbocycles. The van der Waals surface area contributed by atoms with Crippen molar-refractivity contribution in [2.75, 3.05) is 34.4 Å². The number of aliphatic imine (C=N–C) groups is 1. The van der Waals surface area contributed by atoms with Gasteiger partial charge in [0.2, 0.25) is 0 Å². The van der Waals surface area contributed by atoms with Crippen LogP contribution < -0.4 is 19.5 Å². The molecule has 0 radical (unpaired) electrons. The fourth-order valence-corrected chi connectivity index (χ4v) is 1.79. The van der Waals surface area contributed by atoms with E-state index < -0.39 is 0 Å². The minimum Gasteiger partial charge on any atom is -0.496 e. The minimum atomic E-state index is 0.645. The smallest absolute Gasteiger partial charge is 0.164 e. The highest BCUT2D eigenvalue weighted by atomic mass is 16.5. The number of methoxy groups -OCH3 is 3. The van der Waals surface area contributed by atoms with Gasteiger partial charge in [-0.2, -0.15) is 0 Å². The van der Waals surface area contributed by atoms with E-state index in [0.717, 1.165) is 30.2 Å². The molecule has 0 amide bonds. The normalized spacial score (nSPS) is 13.9. The van der Waals surface area contributed by atoms with Crippen molar-refractivity contribution in [3.8, 4) is 17.2 Å². The van der Waals surface area contributed by atoms with Gasteiger partial charge < -0.3 is 19.5 Å². The number of nitrogens with zero attached hydrogens (tertiary/aromatic N) is 1. The van der Waals surface area contributed by atoms with Gasteiger partial charge in [-0.25, -0.2) is 0 Å². The number of ether oxygens (including phenoxy) is 3. The number of nitrogens with one attached hydrogen (secondary N) is 1. The molecule has 17 heavy (non-hydrogen) atoms. The number of hydrogen-bond acceptors (Lipinski definition) is 5. The summed E-state index contributed by atoms with van der Waals surface area (Å²) >= 11 is 0. The molecule has 0 saturated carbocycles. The van der Waals surface area contributed by atoms with Crippen LogP contribution in [0, 0.1) is 0 Å². The van der Waals surface area contributed by atoms with Gasteiger partial charge in [0.1, 0.15) is 11.6 Å². The Kier molecular flexibility index (Phi) is 3.37. The summed E-state index contributed by atoms with van der Waals surface area (Å²) in [4.78, 5) is 4.37. The Morgan fingerprint density at radius 1 is 1.00 bits per heavy atom. The van der Waals surface area contributed by atoms with Crippen molar-refractivity contribution in [2.24, 2.45) is 4.99 Å². The highest BCUT2D eigenvalue weighted by molar-refractivity contribution is 6.02. The molecule has 1 heterocycles. The number of hydrogen-bond donors (Lipinski definition) is 1. The highest BCUT2D eigenvalue weighted by Crippen LogP contribution is 2.34. The van der Waals surface area contributed by atoms with Crippen molar-refractivity contribution in [1.29, 1.82) is 0 Å². The van der Waals surface area contributed by atoms with Crippen LogP contribution in [0.5, 0.6) is 17.2 Å². The molecule has 1 aliphatic rings. The molecule has 0 saturated heterocycles. The first-order chi connectivity index (χ1) is 8.30. The van der Waals surface area contributed by atoms with Gasteiger partial charge in [-0.05, 0) is 6.07 Å². The second kappa shape index (κ2) is 4.95. The molecule has 0 fully saturated rings. The summed E-state index contributed by atoms with van der Waals surface area (Å²) in [5.41, 5.74) is 0.891. The monoisotopic (exact) mass is 236 g/mol. The third kappa shape index (κ3) is 2.13. The van der Waals surface area contributed by atoms with E-state index in [-0.39, 0.29) is 0 Å². The summed E-state index contributed by atoms with van der Waals surface area (Å²) in [5, 5.41) is 3.21. The average Bonchev–Trinajstić information content (AvgIpc) is 2.90. The van der Waals surface area contributed by atoms with Crippen molar-refractivity contribution >= 4 is 5.84 Å². The Balaban J connectivity index is 2.49. The lowest BCUT2D eigenvalue weighted by molar-refractivity contribution is 0.348. The van der Waals surface area contributed by atoms with Crippen molar-refractivity contribution < 1.29 is 14.2 Å². The molecular formula is C12H16N2O3. The Morgan fingerprint density at radius 2 is 1.65 bits per heavy atom. The topological polar surface area (TPSA) is 52.1 Å². The Morgan fingerprint density at radius 3 is 2.18 bits per heavy atom. The molecule has 2 rings (SSSR count). The quantitative estimate of drug-likeness (QED) is 0.849. The third-order valence-electron chi connectivity index (χ3n) is 2.63. The first-order valence-corrected chi connectivity index (χ1v) is 5.39. The largest absolute Gasteiger partial charge is 0.496 e. The van der Waals surface area contributed by atoms with E-state index in [1.807, 2.05) is 6.07 Å². The third-order valence-corrected chi connectivity index (χ3v) is 2.63. The predicted molar refractivity (Wildman–Crippen MR) is 65.5 cm³/mol. The molecule has 0 atom stereocenters. The number of rotatable bonds is 4. The fraction of sp³-hybridized carbons (Fsp3) is 0.417. The SMILES string of the molecule is COc1cc(OC)c(C2=NCCN2)cc1OC. The van der Waals surface area contributed by atoms with Gasteiger partial charge in [-0.3, -0.25) is 4.99 Å². The average molecular weight is 236 g/mol. The van der Waals surface area contributed by atoms with Crippen LogP contribution in [0.15, 0.2) is 17.1 Å². The maximum atomic E-state index is 5.34.